The number of ether oxygens (including phenoxy) is 1. The second-order valence-electron chi connectivity index (χ2n) is 11.4. The van der Waals surface area contributed by atoms with E-state index < -0.39 is 12.1 Å². The topological polar surface area (TPSA) is 83.8 Å². The molecule has 1 aliphatic heterocycles. The summed E-state index contributed by atoms with van der Waals surface area (Å²) in [7, 11) is 0. The molecule has 0 unspecified atom stereocenters. The second kappa shape index (κ2) is 10.6. The predicted octanol–water partition coefficient (Wildman–Crippen LogP) is 5.17. The van der Waals surface area contributed by atoms with E-state index in [1.165, 1.54) is 13.0 Å². The molecule has 2 aromatic rings. The summed E-state index contributed by atoms with van der Waals surface area (Å²) in [6.45, 7) is 8.13. The van der Waals surface area contributed by atoms with Gasteiger partial charge in [0.2, 0.25) is 11.8 Å². The van der Waals surface area contributed by atoms with Crippen LogP contribution in [0.15, 0.2) is 39.9 Å². The lowest BCUT2D eigenvalue weighted by Gasteiger charge is -2.45. The molecule has 1 saturated carbocycles. The highest BCUT2D eigenvalue weighted by atomic mass is 79.9. The van der Waals surface area contributed by atoms with Crippen molar-refractivity contribution < 1.29 is 19.0 Å². The number of benzene rings is 1. The van der Waals surface area contributed by atoms with Gasteiger partial charge in [0.25, 0.3) is 0 Å². The largest absolute Gasteiger partial charge is 0.470 e. The zero-order valence-corrected chi connectivity index (χ0v) is 23.0. The van der Waals surface area contributed by atoms with Crippen LogP contribution >= 0.6 is 15.9 Å². The molecule has 1 fully saturated rings. The number of carbonyl (C=O) groups is 1. The van der Waals surface area contributed by atoms with Crippen molar-refractivity contribution >= 4 is 27.5 Å². The molecule has 2 aliphatic rings. The van der Waals surface area contributed by atoms with Gasteiger partial charge >= 0.3 is 0 Å². The molecule has 1 spiro atoms. The van der Waals surface area contributed by atoms with Crippen molar-refractivity contribution in [3.63, 3.8) is 0 Å². The first-order valence-electron chi connectivity index (χ1n) is 12.5. The maximum Gasteiger partial charge on any atom is 0.223 e. The minimum absolute atomic E-state index is 0.120. The molecular weight excluding hydrogens is 525 g/mol. The fraction of sp³-hybridized carbons (Fsp3) is 0.536. The Labute approximate surface area is 220 Å². The molecule has 2 atom stereocenters. The molecule has 2 N–H and O–H groups in total. The molecule has 194 valence electrons. The molecule has 1 aromatic heterocycles. The highest BCUT2D eigenvalue weighted by Gasteiger charge is 2.45. The maximum atomic E-state index is 13.7. The van der Waals surface area contributed by atoms with Crippen molar-refractivity contribution in [3.05, 3.63) is 57.4 Å². The number of aromatic nitrogens is 1. The number of amides is 1. The molecule has 36 heavy (non-hydrogen) atoms. The van der Waals surface area contributed by atoms with Crippen LogP contribution in [0.25, 0.3) is 0 Å². The molecule has 2 heterocycles. The molecule has 0 saturated heterocycles. The van der Waals surface area contributed by atoms with Gasteiger partial charge in [-0.3, -0.25) is 9.79 Å². The molecule has 0 radical (unpaired) electrons. The van der Waals surface area contributed by atoms with Gasteiger partial charge in [0, 0.05) is 19.5 Å². The second-order valence-corrected chi connectivity index (χ2v) is 12.2. The molecule has 1 aromatic carbocycles. The number of hydrogen-bond acceptors (Lipinski definition) is 5. The number of hydrogen-bond donors (Lipinski definition) is 2. The lowest BCUT2D eigenvalue weighted by Crippen LogP contribution is -2.48. The van der Waals surface area contributed by atoms with Gasteiger partial charge in [-0.1, -0.05) is 26.8 Å². The van der Waals surface area contributed by atoms with Gasteiger partial charge in [0.1, 0.15) is 11.4 Å². The summed E-state index contributed by atoms with van der Waals surface area (Å²) in [5.41, 5.74) is 3.57. The monoisotopic (exact) mass is 559 g/mol. The lowest BCUT2D eigenvalue weighted by atomic mass is 9.74. The van der Waals surface area contributed by atoms with E-state index in [0.717, 1.165) is 48.1 Å². The number of pyridine rings is 1. The Morgan fingerprint density at radius 1 is 1.31 bits per heavy atom. The van der Waals surface area contributed by atoms with E-state index in [4.69, 9.17) is 9.73 Å². The van der Waals surface area contributed by atoms with Gasteiger partial charge in [-0.2, -0.15) is 0 Å². The summed E-state index contributed by atoms with van der Waals surface area (Å²) in [4.78, 5) is 21.4. The lowest BCUT2D eigenvalue weighted by molar-refractivity contribution is -0.120. The van der Waals surface area contributed by atoms with Crippen LogP contribution in [-0.2, 0) is 17.6 Å². The smallest absolute Gasteiger partial charge is 0.223 e. The van der Waals surface area contributed by atoms with E-state index >= 15 is 0 Å². The Morgan fingerprint density at radius 3 is 2.67 bits per heavy atom. The first kappa shape index (κ1) is 26.7. The van der Waals surface area contributed by atoms with E-state index in [2.05, 4.69) is 53.1 Å². The predicted molar refractivity (Wildman–Crippen MR) is 142 cm³/mol. The zero-order valence-electron chi connectivity index (χ0n) is 21.4. The van der Waals surface area contributed by atoms with E-state index in [9.17, 15) is 14.3 Å². The average Bonchev–Trinajstić information content (AvgIpc) is 2.76. The van der Waals surface area contributed by atoms with Crippen molar-refractivity contribution in [2.45, 2.75) is 84.0 Å². The van der Waals surface area contributed by atoms with Gasteiger partial charge in [0.15, 0.2) is 0 Å². The van der Waals surface area contributed by atoms with Crippen molar-refractivity contribution in [2.24, 2.45) is 10.4 Å². The van der Waals surface area contributed by atoms with Gasteiger partial charge in [-0.05, 0) is 82.8 Å². The first-order chi connectivity index (χ1) is 16.9. The highest BCUT2D eigenvalue weighted by Crippen LogP contribution is 2.44. The minimum atomic E-state index is -0.917. The van der Waals surface area contributed by atoms with Crippen molar-refractivity contribution in [3.8, 4) is 5.88 Å². The molecule has 6 nitrogen and oxygen atoms in total. The Bertz CT molecular complexity index is 1160. The summed E-state index contributed by atoms with van der Waals surface area (Å²) in [5.74, 6) is 0.0134. The van der Waals surface area contributed by atoms with Crippen LogP contribution < -0.4 is 10.1 Å². The number of halogens is 2. The fourth-order valence-corrected chi connectivity index (χ4v) is 5.35. The van der Waals surface area contributed by atoms with Gasteiger partial charge in [-0.15, -0.1) is 0 Å². The number of fused-ring (bicyclic) bond motifs is 1. The molecular formula is C28H35BrFN3O3. The standard InChI is InChI=1S/C28H35BrFN3O3/c1-17(34)33-23(12-18-6-7-22(30)21(29)11-18)25(35)16-31-24-14-28(8-5-9-28)36-26-20(24)10-19(15-32-26)13-27(2,3)4/h6-7,10-11,15,23,25,35H,5,8-9,12-14,16H2,1-4H3,(H,33,34)/t23-,25+/m0/s1. The van der Waals surface area contributed by atoms with Gasteiger partial charge in [0.05, 0.1) is 34.4 Å². The summed E-state index contributed by atoms with van der Waals surface area (Å²) < 4.78 is 20.3. The third kappa shape index (κ3) is 6.51. The highest BCUT2D eigenvalue weighted by molar-refractivity contribution is 9.10. The Kier molecular flexibility index (Phi) is 7.86. The Balaban J connectivity index is 1.57. The third-order valence-electron chi connectivity index (χ3n) is 6.78. The van der Waals surface area contributed by atoms with Crippen LogP contribution in [0, 0.1) is 11.2 Å². The Hall–Kier alpha value is -2.32. The van der Waals surface area contributed by atoms with Crippen molar-refractivity contribution in [2.75, 3.05) is 6.54 Å². The minimum Gasteiger partial charge on any atom is -0.470 e. The molecule has 4 rings (SSSR count). The summed E-state index contributed by atoms with van der Waals surface area (Å²) in [6.07, 6.45) is 5.94. The third-order valence-corrected chi connectivity index (χ3v) is 7.39. The number of nitrogens with zero attached hydrogens (tertiary/aromatic N) is 2. The quantitative estimate of drug-likeness (QED) is 0.489. The van der Waals surface area contributed by atoms with E-state index in [-0.39, 0.29) is 29.3 Å². The Morgan fingerprint density at radius 2 is 2.06 bits per heavy atom. The number of aliphatic hydroxyl groups excluding tert-OH is 1. The maximum absolute atomic E-state index is 13.7. The normalized spacial score (nSPS) is 19.2. The van der Waals surface area contributed by atoms with Crippen LogP contribution in [0.5, 0.6) is 5.88 Å². The number of carbonyl (C=O) groups excluding carboxylic acids is 1. The fourth-order valence-electron chi connectivity index (χ4n) is 4.92. The molecule has 1 amide bonds. The van der Waals surface area contributed by atoms with Crippen LogP contribution in [0.3, 0.4) is 0 Å². The molecule has 8 heteroatoms. The van der Waals surface area contributed by atoms with Gasteiger partial charge in [-0.25, -0.2) is 9.37 Å². The van der Waals surface area contributed by atoms with E-state index in [0.29, 0.717) is 23.2 Å². The first-order valence-corrected chi connectivity index (χ1v) is 13.3. The number of aliphatic hydroxyl groups is 1. The summed E-state index contributed by atoms with van der Waals surface area (Å²) in [6, 6.07) is 6.25. The average molecular weight is 561 g/mol. The number of nitrogens with one attached hydrogen (secondary N) is 1. The van der Waals surface area contributed by atoms with E-state index in [1.807, 2.05) is 6.20 Å². The molecule has 0 bridgehead atoms. The van der Waals surface area contributed by atoms with Crippen LogP contribution in [0.1, 0.15) is 70.1 Å². The van der Waals surface area contributed by atoms with E-state index in [1.54, 1.807) is 12.1 Å². The summed E-state index contributed by atoms with van der Waals surface area (Å²) >= 11 is 3.20. The van der Waals surface area contributed by atoms with Crippen LogP contribution in [0.4, 0.5) is 4.39 Å². The molecule has 1 aliphatic carbocycles. The van der Waals surface area contributed by atoms with Crippen LogP contribution in [0.2, 0.25) is 0 Å². The number of rotatable bonds is 7. The number of aliphatic imine (C=N–C) groups is 1. The SMILES string of the molecule is CC(=O)N[C@@H](Cc1ccc(F)c(Br)c1)[C@H](O)CN=C1CC2(CCC2)Oc2ncc(CC(C)(C)C)cc21. The van der Waals surface area contributed by atoms with Crippen molar-refractivity contribution in [1.29, 1.82) is 0 Å². The van der Waals surface area contributed by atoms with Crippen molar-refractivity contribution in [1.82, 2.24) is 10.3 Å². The van der Waals surface area contributed by atoms with Crippen LogP contribution in [-0.4, -0.2) is 46.0 Å². The summed E-state index contributed by atoms with van der Waals surface area (Å²) in [5, 5.41) is 13.9. The van der Waals surface area contributed by atoms with Gasteiger partial charge < -0.3 is 15.2 Å². The zero-order chi connectivity index (χ0) is 26.1.